The van der Waals surface area contributed by atoms with E-state index in [1.807, 2.05) is 43.0 Å². The van der Waals surface area contributed by atoms with E-state index in [9.17, 15) is 4.79 Å². The normalized spacial score (nSPS) is 12.2. The van der Waals surface area contributed by atoms with Crippen LogP contribution in [0.5, 0.6) is 0 Å². The summed E-state index contributed by atoms with van der Waals surface area (Å²) in [6, 6.07) is 7.57. The summed E-state index contributed by atoms with van der Waals surface area (Å²) >= 11 is 5.96. The number of hydrogen-bond donors (Lipinski definition) is 1. The van der Waals surface area contributed by atoms with Crippen molar-refractivity contribution in [3.05, 3.63) is 34.9 Å². The minimum Gasteiger partial charge on any atom is -0.343 e. The van der Waals surface area contributed by atoms with Crippen LogP contribution in [0.15, 0.2) is 24.3 Å². The fraction of sp³-hybridized carbons (Fsp3) is 0.500. The number of rotatable bonds is 6. The van der Waals surface area contributed by atoms with Gasteiger partial charge in [-0.1, -0.05) is 23.7 Å². The Bertz CT molecular complexity index is 391. The maximum Gasteiger partial charge on any atom is 0.223 e. The molecule has 4 heteroatoms. The molecule has 0 fully saturated rings. The lowest BCUT2D eigenvalue weighted by molar-refractivity contribution is -0.131. The second-order valence-electron chi connectivity index (χ2n) is 4.26. The summed E-state index contributed by atoms with van der Waals surface area (Å²) in [6.45, 7) is 5.90. The lowest BCUT2D eigenvalue weighted by atomic mass is 9.95. The van der Waals surface area contributed by atoms with Gasteiger partial charge in [-0.25, -0.2) is 0 Å². The first kappa shape index (κ1) is 15.0. The number of halogens is 1. The van der Waals surface area contributed by atoms with Gasteiger partial charge in [-0.05, 0) is 38.1 Å². The van der Waals surface area contributed by atoms with Crippen LogP contribution in [-0.4, -0.2) is 30.4 Å². The summed E-state index contributed by atoms with van der Waals surface area (Å²) in [5, 5.41) is 0.682. The van der Waals surface area contributed by atoms with Crippen molar-refractivity contribution in [1.29, 1.82) is 0 Å². The molecule has 0 aliphatic rings. The third kappa shape index (κ3) is 4.00. The smallest absolute Gasteiger partial charge is 0.223 e. The van der Waals surface area contributed by atoms with Crippen molar-refractivity contribution in [2.75, 3.05) is 19.6 Å². The zero-order valence-electron chi connectivity index (χ0n) is 11.0. The van der Waals surface area contributed by atoms with Gasteiger partial charge < -0.3 is 10.6 Å². The molecule has 1 aromatic rings. The van der Waals surface area contributed by atoms with Crippen LogP contribution in [0, 0.1) is 0 Å². The lowest BCUT2D eigenvalue weighted by Gasteiger charge is -2.22. The summed E-state index contributed by atoms with van der Waals surface area (Å²) in [4.78, 5) is 13.9. The van der Waals surface area contributed by atoms with E-state index < -0.39 is 0 Å². The monoisotopic (exact) mass is 268 g/mol. The molecule has 0 radical (unpaired) electrons. The molecule has 3 nitrogen and oxygen atoms in total. The van der Waals surface area contributed by atoms with Gasteiger partial charge in [0.1, 0.15) is 0 Å². The Kier molecular flexibility index (Phi) is 6.16. The summed E-state index contributed by atoms with van der Waals surface area (Å²) in [7, 11) is 0. The Morgan fingerprint density at radius 2 is 2.06 bits per heavy atom. The number of carbonyl (C=O) groups excluding carboxylic acids is 1. The van der Waals surface area contributed by atoms with Crippen LogP contribution < -0.4 is 5.73 Å². The number of amides is 1. The fourth-order valence-corrected chi connectivity index (χ4v) is 2.21. The van der Waals surface area contributed by atoms with E-state index in [1.165, 1.54) is 0 Å². The van der Waals surface area contributed by atoms with Crippen LogP contribution in [0.4, 0.5) is 0 Å². The lowest BCUT2D eigenvalue weighted by Crippen LogP contribution is -2.32. The number of benzene rings is 1. The molecule has 2 N–H and O–H groups in total. The first-order valence-electron chi connectivity index (χ1n) is 6.35. The molecular weight excluding hydrogens is 248 g/mol. The maximum atomic E-state index is 12.1. The molecule has 0 bridgehead atoms. The van der Waals surface area contributed by atoms with Gasteiger partial charge in [-0.15, -0.1) is 0 Å². The molecule has 0 spiro atoms. The molecule has 0 aromatic heterocycles. The highest BCUT2D eigenvalue weighted by molar-refractivity contribution is 6.30. The van der Waals surface area contributed by atoms with E-state index in [-0.39, 0.29) is 11.8 Å². The van der Waals surface area contributed by atoms with E-state index in [2.05, 4.69) is 0 Å². The predicted molar refractivity (Wildman–Crippen MR) is 75.8 cm³/mol. The highest BCUT2D eigenvalue weighted by atomic mass is 35.5. The first-order chi connectivity index (χ1) is 8.62. The van der Waals surface area contributed by atoms with Crippen molar-refractivity contribution in [2.45, 2.75) is 26.2 Å². The van der Waals surface area contributed by atoms with E-state index in [1.54, 1.807) is 0 Å². The second kappa shape index (κ2) is 7.39. The highest BCUT2D eigenvalue weighted by Crippen LogP contribution is 2.22. The zero-order chi connectivity index (χ0) is 13.5. The number of nitrogens with two attached hydrogens (primary N) is 1. The van der Waals surface area contributed by atoms with Crippen molar-refractivity contribution in [3.8, 4) is 0 Å². The van der Waals surface area contributed by atoms with E-state index in [4.69, 9.17) is 17.3 Å². The molecule has 0 heterocycles. The largest absolute Gasteiger partial charge is 0.343 e. The third-order valence-electron chi connectivity index (χ3n) is 3.14. The van der Waals surface area contributed by atoms with E-state index in [0.717, 1.165) is 18.7 Å². The summed E-state index contributed by atoms with van der Waals surface area (Å²) in [5.74, 6) is 0.187. The first-order valence-corrected chi connectivity index (χ1v) is 6.73. The molecule has 0 saturated carbocycles. The molecule has 18 heavy (non-hydrogen) atoms. The third-order valence-corrected chi connectivity index (χ3v) is 3.38. The van der Waals surface area contributed by atoms with Crippen LogP contribution in [0.2, 0.25) is 5.02 Å². The molecule has 1 aromatic carbocycles. The Balaban J connectivity index is 2.76. The molecule has 100 valence electrons. The molecular formula is C14H21ClN2O. The van der Waals surface area contributed by atoms with Gasteiger partial charge in [0.05, 0.1) is 0 Å². The summed E-state index contributed by atoms with van der Waals surface area (Å²) < 4.78 is 0. The highest BCUT2D eigenvalue weighted by Gasteiger charge is 2.18. The van der Waals surface area contributed by atoms with E-state index >= 15 is 0 Å². The predicted octanol–water partition coefficient (Wildman–Crippen LogP) is 2.64. The minimum absolute atomic E-state index is 0.0387. The van der Waals surface area contributed by atoms with Crippen LogP contribution in [0.3, 0.4) is 0 Å². The Labute approximate surface area is 114 Å². The van der Waals surface area contributed by atoms with Gasteiger partial charge in [0, 0.05) is 30.5 Å². The minimum atomic E-state index is 0.0387. The van der Waals surface area contributed by atoms with Crippen molar-refractivity contribution in [1.82, 2.24) is 4.90 Å². The van der Waals surface area contributed by atoms with Gasteiger partial charge in [0.15, 0.2) is 0 Å². The zero-order valence-corrected chi connectivity index (χ0v) is 11.8. The quantitative estimate of drug-likeness (QED) is 0.862. The number of hydrogen-bond acceptors (Lipinski definition) is 2. The van der Waals surface area contributed by atoms with Crippen LogP contribution >= 0.6 is 11.6 Å². The van der Waals surface area contributed by atoms with Gasteiger partial charge in [0.25, 0.3) is 0 Å². The van der Waals surface area contributed by atoms with Crippen molar-refractivity contribution in [3.63, 3.8) is 0 Å². The van der Waals surface area contributed by atoms with Gasteiger partial charge in [0.2, 0.25) is 5.91 Å². The van der Waals surface area contributed by atoms with Crippen molar-refractivity contribution >= 4 is 17.5 Å². The Morgan fingerprint density at radius 1 is 1.39 bits per heavy atom. The number of carbonyl (C=O) groups is 1. The standard InChI is InChI=1S/C14H21ClN2O/c1-3-17(4-2)14(18)9-12(10-16)11-6-5-7-13(15)8-11/h5-8,12H,3-4,9-10,16H2,1-2H3. The van der Waals surface area contributed by atoms with E-state index in [0.29, 0.717) is 18.0 Å². The van der Waals surface area contributed by atoms with Gasteiger partial charge >= 0.3 is 0 Å². The van der Waals surface area contributed by atoms with Crippen LogP contribution in [-0.2, 0) is 4.79 Å². The molecule has 0 aliphatic heterocycles. The Hall–Kier alpha value is -1.06. The van der Waals surface area contributed by atoms with Crippen LogP contribution in [0.25, 0.3) is 0 Å². The van der Waals surface area contributed by atoms with Gasteiger partial charge in [-0.2, -0.15) is 0 Å². The summed E-state index contributed by atoms with van der Waals surface area (Å²) in [5.41, 5.74) is 6.81. The maximum absolute atomic E-state index is 12.1. The molecule has 0 aliphatic carbocycles. The molecule has 1 amide bonds. The molecule has 1 atom stereocenters. The Morgan fingerprint density at radius 3 is 2.56 bits per heavy atom. The molecule has 0 saturated heterocycles. The second-order valence-corrected chi connectivity index (χ2v) is 4.69. The van der Waals surface area contributed by atoms with Crippen molar-refractivity contribution in [2.24, 2.45) is 5.73 Å². The number of nitrogens with zero attached hydrogens (tertiary/aromatic N) is 1. The average molecular weight is 269 g/mol. The average Bonchev–Trinajstić information content (AvgIpc) is 2.37. The topological polar surface area (TPSA) is 46.3 Å². The van der Waals surface area contributed by atoms with Crippen LogP contribution in [0.1, 0.15) is 31.7 Å². The van der Waals surface area contributed by atoms with Gasteiger partial charge in [-0.3, -0.25) is 4.79 Å². The summed E-state index contributed by atoms with van der Waals surface area (Å²) in [6.07, 6.45) is 0.443. The SMILES string of the molecule is CCN(CC)C(=O)CC(CN)c1cccc(Cl)c1. The fourth-order valence-electron chi connectivity index (χ4n) is 2.01. The molecule has 1 unspecified atom stereocenters. The van der Waals surface area contributed by atoms with Crippen molar-refractivity contribution < 1.29 is 4.79 Å². The molecule has 1 rings (SSSR count).